The average molecular weight is 228 g/mol. The minimum absolute atomic E-state index is 0.232. The molecule has 3 heteroatoms. The van der Waals surface area contributed by atoms with Crippen molar-refractivity contribution < 1.29 is 14.3 Å². The summed E-state index contributed by atoms with van der Waals surface area (Å²) in [5.74, 6) is -0.370. The highest BCUT2D eigenvalue weighted by atomic mass is 16.7. The molecule has 2 atom stereocenters. The maximum absolute atomic E-state index is 11.0. The van der Waals surface area contributed by atoms with Gasteiger partial charge in [0.1, 0.15) is 0 Å². The Morgan fingerprint density at radius 1 is 1.31 bits per heavy atom. The molecule has 1 saturated carbocycles. The van der Waals surface area contributed by atoms with E-state index in [2.05, 4.69) is 6.92 Å². The van der Waals surface area contributed by atoms with Gasteiger partial charge in [-0.3, -0.25) is 4.79 Å². The number of hydrogen-bond acceptors (Lipinski definition) is 3. The lowest BCUT2D eigenvalue weighted by atomic mass is 10.1. The van der Waals surface area contributed by atoms with Gasteiger partial charge in [0.2, 0.25) is 5.79 Å². The Hall–Kier alpha value is -0.570. The molecule has 0 amide bonds. The van der Waals surface area contributed by atoms with Gasteiger partial charge in [-0.05, 0) is 13.3 Å². The zero-order valence-corrected chi connectivity index (χ0v) is 10.8. The van der Waals surface area contributed by atoms with E-state index in [1.54, 1.807) is 0 Å². The van der Waals surface area contributed by atoms with Gasteiger partial charge in [-0.2, -0.15) is 0 Å². The van der Waals surface area contributed by atoms with Gasteiger partial charge in [-0.1, -0.05) is 32.6 Å². The Labute approximate surface area is 98.5 Å². The third kappa shape index (κ3) is 3.78. The van der Waals surface area contributed by atoms with Crippen LogP contribution in [0.15, 0.2) is 0 Å². The number of unbranched alkanes of at least 4 members (excludes halogenated alkanes) is 3. The third-order valence-electron chi connectivity index (χ3n) is 3.10. The lowest BCUT2D eigenvalue weighted by Crippen LogP contribution is -2.24. The quantitative estimate of drug-likeness (QED) is 0.363. The van der Waals surface area contributed by atoms with E-state index in [9.17, 15) is 4.79 Å². The molecule has 0 aromatic heterocycles. The molecule has 1 aliphatic carbocycles. The molecule has 0 aromatic rings. The van der Waals surface area contributed by atoms with Crippen LogP contribution in [0, 0.1) is 5.92 Å². The van der Waals surface area contributed by atoms with Gasteiger partial charge in [-0.25, -0.2) is 0 Å². The standard InChI is InChI=1S/C13H24O3/c1-4-6-7-8-9-12-10-13(12,15-5-2)16-11(3)14/h12H,4-10H2,1-3H3/t12-,13-/m1/s1. The first kappa shape index (κ1) is 13.5. The second kappa shape index (κ2) is 6.24. The van der Waals surface area contributed by atoms with Crippen molar-refractivity contribution in [1.29, 1.82) is 0 Å². The van der Waals surface area contributed by atoms with Gasteiger partial charge in [0.25, 0.3) is 0 Å². The summed E-state index contributed by atoms with van der Waals surface area (Å²) >= 11 is 0. The van der Waals surface area contributed by atoms with Gasteiger partial charge >= 0.3 is 5.97 Å². The predicted molar refractivity (Wildman–Crippen MR) is 63.0 cm³/mol. The van der Waals surface area contributed by atoms with Crippen LogP contribution in [0.5, 0.6) is 0 Å². The fraction of sp³-hybridized carbons (Fsp3) is 0.923. The molecule has 0 aliphatic heterocycles. The first-order valence-corrected chi connectivity index (χ1v) is 6.48. The van der Waals surface area contributed by atoms with Crippen LogP contribution < -0.4 is 0 Å². The second-order valence-electron chi connectivity index (χ2n) is 4.59. The molecule has 0 heterocycles. The predicted octanol–water partition coefficient (Wildman–Crippen LogP) is 3.27. The molecule has 0 radical (unpaired) electrons. The first-order chi connectivity index (χ1) is 7.64. The zero-order valence-electron chi connectivity index (χ0n) is 10.8. The summed E-state index contributed by atoms with van der Waals surface area (Å²) < 4.78 is 10.9. The minimum atomic E-state index is -0.563. The number of hydrogen-bond donors (Lipinski definition) is 0. The van der Waals surface area contributed by atoms with Crippen LogP contribution >= 0.6 is 0 Å². The summed E-state index contributed by atoms with van der Waals surface area (Å²) in [6.45, 7) is 6.21. The Kier molecular flexibility index (Phi) is 5.26. The van der Waals surface area contributed by atoms with E-state index in [0.717, 1.165) is 12.8 Å². The highest BCUT2D eigenvalue weighted by Crippen LogP contribution is 2.50. The smallest absolute Gasteiger partial charge is 0.305 e. The molecule has 1 aliphatic rings. The number of rotatable bonds is 8. The maximum atomic E-state index is 11.0. The lowest BCUT2D eigenvalue weighted by molar-refractivity contribution is -0.191. The maximum Gasteiger partial charge on any atom is 0.305 e. The molecule has 0 bridgehead atoms. The van der Waals surface area contributed by atoms with Gasteiger partial charge < -0.3 is 9.47 Å². The molecular weight excluding hydrogens is 204 g/mol. The van der Waals surface area contributed by atoms with Gasteiger partial charge in [-0.15, -0.1) is 0 Å². The summed E-state index contributed by atoms with van der Waals surface area (Å²) in [6.07, 6.45) is 7.04. The van der Waals surface area contributed by atoms with Crippen LogP contribution in [0.4, 0.5) is 0 Å². The third-order valence-corrected chi connectivity index (χ3v) is 3.10. The van der Waals surface area contributed by atoms with E-state index in [-0.39, 0.29) is 5.97 Å². The first-order valence-electron chi connectivity index (χ1n) is 6.48. The molecular formula is C13H24O3. The highest BCUT2D eigenvalue weighted by Gasteiger charge is 2.58. The van der Waals surface area contributed by atoms with E-state index in [4.69, 9.17) is 9.47 Å². The molecule has 0 N–H and O–H groups in total. The summed E-state index contributed by atoms with van der Waals surface area (Å²) in [5.41, 5.74) is 0. The summed E-state index contributed by atoms with van der Waals surface area (Å²) in [4.78, 5) is 11.0. The van der Waals surface area contributed by atoms with Gasteiger partial charge in [0.15, 0.2) is 0 Å². The fourth-order valence-electron chi connectivity index (χ4n) is 2.24. The molecule has 0 saturated heterocycles. The lowest BCUT2D eigenvalue weighted by Gasteiger charge is -2.17. The van der Waals surface area contributed by atoms with E-state index < -0.39 is 5.79 Å². The fourth-order valence-corrected chi connectivity index (χ4v) is 2.24. The molecule has 0 unspecified atom stereocenters. The van der Waals surface area contributed by atoms with E-state index >= 15 is 0 Å². The molecule has 0 spiro atoms. The van der Waals surface area contributed by atoms with Crippen molar-refractivity contribution in [2.24, 2.45) is 5.92 Å². The average Bonchev–Trinajstić information content (AvgIpc) is 2.85. The van der Waals surface area contributed by atoms with Crippen LogP contribution in [0.25, 0.3) is 0 Å². The van der Waals surface area contributed by atoms with Crippen molar-refractivity contribution in [1.82, 2.24) is 0 Å². The van der Waals surface area contributed by atoms with Gasteiger partial charge in [0, 0.05) is 25.9 Å². The van der Waals surface area contributed by atoms with Crippen LogP contribution in [0.1, 0.15) is 59.3 Å². The molecule has 0 aromatic carbocycles. The van der Waals surface area contributed by atoms with Crippen LogP contribution in [-0.4, -0.2) is 18.4 Å². The largest absolute Gasteiger partial charge is 0.433 e. The van der Waals surface area contributed by atoms with Crippen molar-refractivity contribution in [3.05, 3.63) is 0 Å². The van der Waals surface area contributed by atoms with E-state index in [1.165, 1.54) is 32.6 Å². The van der Waals surface area contributed by atoms with Crippen LogP contribution in [-0.2, 0) is 14.3 Å². The Morgan fingerprint density at radius 2 is 2.06 bits per heavy atom. The summed E-state index contributed by atoms with van der Waals surface area (Å²) in [5, 5.41) is 0. The highest BCUT2D eigenvalue weighted by molar-refractivity contribution is 5.66. The van der Waals surface area contributed by atoms with Crippen molar-refractivity contribution >= 4 is 5.97 Å². The molecule has 94 valence electrons. The van der Waals surface area contributed by atoms with Crippen LogP contribution in [0.2, 0.25) is 0 Å². The molecule has 1 rings (SSSR count). The van der Waals surface area contributed by atoms with Crippen molar-refractivity contribution in [3.63, 3.8) is 0 Å². The van der Waals surface area contributed by atoms with Crippen molar-refractivity contribution in [2.45, 2.75) is 65.1 Å². The number of carbonyl (C=O) groups excluding carboxylic acids is 1. The number of esters is 1. The van der Waals surface area contributed by atoms with E-state index in [1.807, 2.05) is 6.92 Å². The number of ether oxygens (including phenoxy) is 2. The Balaban J connectivity index is 2.26. The SMILES string of the molecule is CCCCCC[C@@H]1C[C@@]1(OCC)OC(C)=O. The van der Waals surface area contributed by atoms with Crippen molar-refractivity contribution in [3.8, 4) is 0 Å². The second-order valence-corrected chi connectivity index (χ2v) is 4.59. The molecule has 3 nitrogen and oxygen atoms in total. The summed E-state index contributed by atoms with van der Waals surface area (Å²) in [6, 6.07) is 0. The van der Waals surface area contributed by atoms with E-state index in [0.29, 0.717) is 12.5 Å². The van der Waals surface area contributed by atoms with Crippen molar-refractivity contribution in [2.75, 3.05) is 6.61 Å². The normalized spacial score (nSPS) is 27.8. The minimum Gasteiger partial charge on any atom is -0.433 e. The zero-order chi connectivity index (χ0) is 12.0. The monoisotopic (exact) mass is 228 g/mol. The Morgan fingerprint density at radius 3 is 2.62 bits per heavy atom. The van der Waals surface area contributed by atoms with Gasteiger partial charge in [0.05, 0.1) is 0 Å². The topological polar surface area (TPSA) is 35.5 Å². The van der Waals surface area contributed by atoms with Crippen LogP contribution in [0.3, 0.4) is 0 Å². The molecule has 1 fully saturated rings. The Bertz CT molecular complexity index is 227. The molecule has 16 heavy (non-hydrogen) atoms. The summed E-state index contributed by atoms with van der Waals surface area (Å²) in [7, 11) is 0. The number of carbonyl (C=O) groups is 1.